The molecule has 1 unspecified atom stereocenters. The van der Waals surface area contributed by atoms with Gasteiger partial charge in [0, 0.05) is 13.7 Å². The number of methoxy groups -OCH3 is 1. The maximum absolute atomic E-state index is 12.2. The summed E-state index contributed by atoms with van der Waals surface area (Å²) in [4.78, 5) is 12.2. The Labute approximate surface area is 110 Å². The van der Waals surface area contributed by atoms with Crippen molar-refractivity contribution in [3.05, 3.63) is 0 Å². The first-order valence-electron chi connectivity index (χ1n) is 7.06. The van der Waals surface area contributed by atoms with E-state index >= 15 is 0 Å². The zero-order chi connectivity index (χ0) is 13.4. The molecule has 0 heterocycles. The van der Waals surface area contributed by atoms with E-state index in [2.05, 4.69) is 5.32 Å². The van der Waals surface area contributed by atoms with Crippen LogP contribution in [0.2, 0.25) is 0 Å². The van der Waals surface area contributed by atoms with Gasteiger partial charge in [0.2, 0.25) is 0 Å². The summed E-state index contributed by atoms with van der Waals surface area (Å²) in [5.41, 5.74) is -0.561. The fourth-order valence-electron chi connectivity index (χ4n) is 2.76. The molecular weight excluding hydrogens is 230 g/mol. The molecule has 0 amide bonds. The van der Waals surface area contributed by atoms with Crippen molar-refractivity contribution in [3.8, 4) is 0 Å². The molecular formula is C14H27NO3. The Morgan fingerprint density at radius 3 is 2.56 bits per heavy atom. The Morgan fingerprint density at radius 1 is 1.33 bits per heavy atom. The Kier molecular flexibility index (Phi) is 6.65. The van der Waals surface area contributed by atoms with Gasteiger partial charge in [0.15, 0.2) is 0 Å². The van der Waals surface area contributed by atoms with Crippen LogP contribution in [0.15, 0.2) is 0 Å². The van der Waals surface area contributed by atoms with E-state index in [1.54, 1.807) is 7.11 Å². The third kappa shape index (κ3) is 3.95. The molecule has 0 aromatic heterocycles. The molecule has 0 saturated heterocycles. The minimum Gasteiger partial charge on any atom is -0.465 e. The molecule has 1 N–H and O–H groups in total. The highest BCUT2D eigenvalue weighted by Gasteiger charge is 2.42. The summed E-state index contributed by atoms with van der Waals surface area (Å²) >= 11 is 0. The van der Waals surface area contributed by atoms with E-state index in [0.717, 1.165) is 12.8 Å². The summed E-state index contributed by atoms with van der Waals surface area (Å²) < 4.78 is 10.3. The maximum atomic E-state index is 12.2. The predicted octanol–water partition coefficient (Wildman–Crippen LogP) is 2.12. The standard InChI is InChI=1S/C14H27NO3/c1-4-18-13(16)14(2,15-10-11-17-3)12-8-6-5-7-9-12/h12,15H,4-11H2,1-3H3. The molecule has 1 aliphatic carbocycles. The SMILES string of the molecule is CCOC(=O)C(C)(NCCOC)C1CCCCC1. The van der Waals surface area contributed by atoms with Crippen LogP contribution in [-0.4, -0.2) is 38.4 Å². The van der Waals surface area contributed by atoms with E-state index in [1.807, 2.05) is 13.8 Å². The average Bonchev–Trinajstić information content (AvgIpc) is 2.40. The van der Waals surface area contributed by atoms with Gasteiger partial charge in [-0.3, -0.25) is 10.1 Å². The van der Waals surface area contributed by atoms with Crippen molar-refractivity contribution in [2.24, 2.45) is 5.92 Å². The van der Waals surface area contributed by atoms with E-state index in [9.17, 15) is 4.79 Å². The Morgan fingerprint density at radius 2 is 2.00 bits per heavy atom. The van der Waals surface area contributed by atoms with E-state index < -0.39 is 5.54 Å². The molecule has 1 rings (SSSR count). The first-order valence-corrected chi connectivity index (χ1v) is 7.06. The van der Waals surface area contributed by atoms with Gasteiger partial charge in [-0.2, -0.15) is 0 Å². The minimum absolute atomic E-state index is 0.118. The third-order valence-electron chi connectivity index (χ3n) is 3.92. The average molecular weight is 257 g/mol. The van der Waals surface area contributed by atoms with Crippen LogP contribution in [-0.2, 0) is 14.3 Å². The molecule has 1 aliphatic rings. The van der Waals surface area contributed by atoms with Crippen LogP contribution in [0.5, 0.6) is 0 Å². The lowest BCUT2D eigenvalue weighted by Crippen LogP contribution is -2.57. The van der Waals surface area contributed by atoms with Crippen LogP contribution in [0.25, 0.3) is 0 Å². The van der Waals surface area contributed by atoms with E-state index in [4.69, 9.17) is 9.47 Å². The van der Waals surface area contributed by atoms with Crippen molar-refractivity contribution in [2.75, 3.05) is 26.9 Å². The summed E-state index contributed by atoms with van der Waals surface area (Å²) in [5, 5.41) is 3.35. The highest BCUT2D eigenvalue weighted by atomic mass is 16.5. The number of ether oxygens (including phenoxy) is 2. The van der Waals surface area contributed by atoms with Crippen molar-refractivity contribution in [1.82, 2.24) is 5.32 Å². The van der Waals surface area contributed by atoms with Crippen LogP contribution in [0, 0.1) is 5.92 Å². The van der Waals surface area contributed by atoms with Gasteiger partial charge >= 0.3 is 5.97 Å². The van der Waals surface area contributed by atoms with Crippen LogP contribution >= 0.6 is 0 Å². The van der Waals surface area contributed by atoms with Gasteiger partial charge in [-0.1, -0.05) is 19.3 Å². The fraction of sp³-hybridized carbons (Fsp3) is 0.929. The lowest BCUT2D eigenvalue weighted by molar-refractivity contribution is -0.153. The monoisotopic (exact) mass is 257 g/mol. The lowest BCUT2D eigenvalue weighted by atomic mass is 9.75. The molecule has 4 heteroatoms. The predicted molar refractivity (Wildman–Crippen MR) is 71.5 cm³/mol. The van der Waals surface area contributed by atoms with Gasteiger partial charge in [0.1, 0.15) is 5.54 Å². The molecule has 18 heavy (non-hydrogen) atoms. The molecule has 0 spiro atoms. The van der Waals surface area contributed by atoms with Crippen LogP contribution in [0.3, 0.4) is 0 Å². The van der Waals surface area contributed by atoms with E-state index in [-0.39, 0.29) is 5.97 Å². The summed E-state index contributed by atoms with van der Waals surface area (Å²) in [7, 11) is 1.67. The lowest BCUT2D eigenvalue weighted by Gasteiger charge is -2.38. The number of nitrogens with one attached hydrogen (secondary N) is 1. The van der Waals surface area contributed by atoms with Crippen molar-refractivity contribution >= 4 is 5.97 Å². The summed E-state index contributed by atoms with van der Waals surface area (Å²) in [5.74, 6) is 0.259. The second-order valence-corrected chi connectivity index (χ2v) is 5.18. The number of hydrogen-bond donors (Lipinski definition) is 1. The fourth-order valence-corrected chi connectivity index (χ4v) is 2.76. The Balaban J connectivity index is 2.67. The van der Waals surface area contributed by atoms with Crippen molar-refractivity contribution in [2.45, 2.75) is 51.5 Å². The van der Waals surface area contributed by atoms with Crippen molar-refractivity contribution in [3.63, 3.8) is 0 Å². The molecule has 0 radical (unpaired) electrons. The largest absolute Gasteiger partial charge is 0.465 e. The number of carbonyl (C=O) groups excluding carboxylic acids is 1. The number of carbonyl (C=O) groups is 1. The van der Waals surface area contributed by atoms with Gasteiger partial charge in [-0.25, -0.2) is 0 Å². The quantitative estimate of drug-likeness (QED) is 0.560. The molecule has 106 valence electrons. The normalized spacial score (nSPS) is 20.4. The van der Waals surface area contributed by atoms with Crippen LogP contribution in [0.4, 0.5) is 0 Å². The Bertz CT molecular complexity index is 251. The second kappa shape index (κ2) is 7.74. The zero-order valence-electron chi connectivity index (χ0n) is 12.0. The minimum atomic E-state index is -0.561. The molecule has 0 aromatic carbocycles. The topological polar surface area (TPSA) is 47.6 Å². The molecule has 4 nitrogen and oxygen atoms in total. The van der Waals surface area contributed by atoms with Crippen molar-refractivity contribution < 1.29 is 14.3 Å². The molecule has 0 aromatic rings. The van der Waals surface area contributed by atoms with Gasteiger partial charge in [-0.15, -0.1) is 0 Å². The van der Waals surface area contributed by atoms with Gasteiger partial charge < -0.3 is 9.47 Å². The zero-order valence-corrected chi connectivity index (χ0v) is 12.0. The number of rotatable bonds is 7. The van der Waals surface area contributed by atoms with E-state index in [1.165, 1.54) is 19.3 Å². The Hall–Kier alpha value is -0.610. The van der Waals surface area contributed by atoms with Crippen LogP contribution < -0.4 is 5.32 Å². The van der Waals surface area contributed by atoms with Crippen molar-refractivity contribution in [1.29, 1.82) is 0 Å². The number of hydrogen-bond acceptors (Lipinski definition) is 4. The van der Waals surface area contributed by atoms with Gasteiger partial charge in [0.25, 0.3) is 0 Å². The van der Waals surface area contributed by atoms with Gasteiger partial charge in [-0.05, 0) is 32.6 Å². The molecule has 1 saturated carbocycles. The van der Waals surface area contributed by atoms with Crippen LogP contribution in [0.1, 0.15) is 46.0 Å². The highest BCUT2D eigenvalue weighted by Crippen LogP contribution is 2.33. The summed E-state index contributed by atoms with van der Waals surface area (Å²) in [6, 6.07) is 0. The number of esters is 1. The highest BCUT2D eigenvalue weighted by molar-refractivity contribution is 5.80. The smallest absolute Gasteiger partial charge is 0.326 e. The second-order valence-electron chi connectivity index (χ2n) is 5.18. The first kappa shape index (κ1) is 15.4. The maximum Gasteiger partial charge on any atom is 0.326 e. The molecule has 1 fully saturated rings. The third-order valence-corrected chi connectivity index (χ3v) is 3.92. The molecule has 0 aliphatic heterocycles. The molecule has 0 bridgehead atoms. The molecule has 1 atom stereocenters. The van der Waals surface area contributed by atoms with Gasteiger partial charge in [0.05, 0.1) is 13.2 Å². The summed E-state index contributed by atoms with van der Waals surface area (Å²) in [6.45, 7) is 5.57. The van der Waals surface area contributed by atoms with E-state index in [0.29, 0.717) is 25.7 Å². The summed E-state index contributed by atoms with van der Waals surface area (Å²) in [6.07, 6.45) is 5.93. The first-order chi connectivity index (χ1) is 8.65.